The normalized spacial score (nSPS) is 19.4. The molecule has 1 aliphatic carbocycles. The highest BCUT2D eigenvalue weighted by molar-refractivity contribution is 5.98. The number of carbonyl (C=O) groups excluding carboxylic acids is 1. The van der Waals surface area contributed by atoms with E-state index < -0.39 is 0 Å². The van der Waals surface area contributed by atoms with Gasteiger partial charge in [-0.15, -0.1) is 0 Å². The highest BCUT2D eigenvalue weighted by Gasteiger charge is 2.33. The molecule has 0 radical (unpaired) electrons. The molecule has 3 rings (SSSR count). The van der Waals surface area contributed by atoms with Crippen LogP contribution in [0.2, 0.25) is 0 Å². The van der Waals surface area contributed by atoms with E-state index in [4.69, 9.17) is 0 Å². The predicted octanol–water partition coefficient (Wildman–Crippen LogP) is 5.54. The summed E-state index contributed by atoms with van der Waals surface area (Å²) < 4.78 is 0. The van der Waals surface area contributed by atoms with E-state index in [1.165, 1.54) is 0 Å². The Hall–Kier alpha value is -3.39. The topological polar surface area (TPSA) is 81.6 Å². The van der Waals surface area contributed by atoms with Crippen LogP contribution in [-0.4, -0.2) is 16.0 Å². The zero-order valence-electron chi connectivity index (χ0n) is 17.7. The fourth-order valence-corrected chi connectivity index (χ4v) is 4.20. The van der Waals surface area contributed by atoms with Gasteiger partial charge in [0.25, 0.3) is 0 Å². The van der Waals surface area contributed by atoms with Crippen LogP contribution in [0.25, 0.3) is 11.3 Å². The number of H-pyrrole nitrogens is 1. The van der Waals surface area contributed by atoms with Crippen molar-refractivity contribution in [2.45, 2.75) is 39.5 Å². The van der Waals surface area contributed by atoms with Crippen LogP contribution < -0.4 is 5.32 Å². The van der Waals surface area contributed by atoms with Crippen molar-refractivity contribution in [3.63, 3.8) is 0 Å². The van der Waals surface area contributed by atoms with Gasteiger partial charge in [-0.2, -0.15) is 10.4 Å². The zero-order valence-corrected chi connectivity index (χ0v) is 17.7. The van der Waals surface area contributed by atoms with Crippen LogP contribution in [0, 0.1) is 23.2 Å². The fourth-order valence-electron chi connectivity index (χ4n) is 4.20. The van der Waals surface area contributed by atoms with Gasteiger partial charge in [-0.05, 0) is 43.9 Å². The number of aromatic nitrogens is 2. The Kier molecular flexibility index (Phi) is 6.68. The summed E-state index contributed by atoms with van der Waals surface area (Å²) in [6.45, 7) is 11.8. The molecule has 0 saturated heterocycles. The number of carbonyl (C=O) groups is 1. The van der Waals surface area contributed by atoms with Gasteiger partial charge >= 0.3 is 0 Å². The smallest absolute Gasteiger partial charge is 0.166 e. The van der Waals surface area contributed by atoms with Crippen LogP contribution in [0.1, 0.15) is 49.9 Å². The highest BCUT2D eigenvalue weighted by atomic mass is 16.1. The Morgan fingerprint density at radius 1 is 1.13 bits per heavy atom. The number of ketones is 1. The van der Waals surface area contributed by atoms with Crippen molar-refractivity contribution >= 4 is 5.78 Å². The lowest BCUT2D eigenvalue weighted by Crippen LogP contribution is -2.32. The second-order valence-corrected chi connectivity index (χ2v) is 7.95. The lowest BCUT2D eigenvalue weighted by Gasteiger charge is -2.32. The van der Waals surface area contributed by atoms with Gasteiger partial charge in [-0.1, -0.05) is 50.3 Å². The molecule has 2 atom stereocenters. The van der Waals surface area contributed by atoms with Crippen molar-refractivity contribution in [2.75, 3.05) is 0 Å². The molecule has 2 N–H and O–H groups in total. The first-order chi connectivity index (χ1) is 14.4. The van der Waals surface area contributed by atoms with Gasteiger partial charge in [0.2, 0.25) is 0 Å². The molecule has 0 amide bonds. The van der Waals surface area contributed by atoms with Gasteiger partial charge in [0.15, 0.2) is 5.78 Å². The number of nitriles is 1. The molecular weight excluding hydrogens is 372 g/mol. The van der Waals surface area contributed by atoms with Crippen molar-refractivity contribution in [3.8, 4) is 17.3 Å². The SMILES string of the molecule is C=C(C)/C(C#N)=C(\C)NC(=C)C1CCCCC1C(=O)c1ccc(-c2ccn[nH]2)cc1. The third-order valence-corrected chi connectivity index (χ3v) is 5.79. The van der Waals surface area contributed by atoms with Crippen molar-refractivity contribution in [1.82, 2.24) is 15.5 Å². The Balaban J connectivity index is 1.78. The molecule has 30 heavy (non-hydrogen) atoms. The summed E-state index contributed by atoms with van der Waals surface area (Å²) in [4.78, 5) is 13.3. The standard InChI is InChI=1S/C25H28N4O/c1-16(2)23(15-26)18(4)28-17(3)21-7-5-6-8-22(21)25(30)20-11-9-19(10-12-20)24-13-14-27-29-24/h9-14,21-22,28H,1,3,5-8H2,2,4H3,(H,27,29)/b23-18+. The first-order valence-electron chi connectivity index (χ1n) is 10.3. The Morgan fingerprint density at radius 3 is 2.37 bits per heavy atom. The summed E-state index contributed by atoms with van der Waals surface area (Å²) in [5, 5.41) is 19.6. The molecule has 2 aromatic rings. The largest absolute Gasteiger partial charge is 0.362 e. The summed E-state index contributed by atoms with van der Waals surface area (Å²) in [5.41, 5.74) is 5.42. The number of allylic oxidation sites excluding steroid dienone is 4. The molecule has 2 unspecified atom stereocenters. The molecule has 1 aromatic carbocycles. The molecule has 1 saturated carbocycles. The van der Waals surface area contributed by atoms with Crippen LogP contribution in [0.3, 0.4) is 0 Å². The minimum absolute atomic E-state index is 0.0403. The lowest BCUT2D eigenvalue weighted by molar-refractivity contribution is 0.0844. The van der Waals surface area contributed by atoms with Gasteiger partial charge in [-0.3, -0.25) is 9.89 Å². The van der Waals surface area contributed by atoms with E-state index in [1.54, 1.807) is 6.20 Å². The van der Waals surface area contributed by atoms with Gasteiger partial charge in [0.05, 0.1) is 11.3 Å². The first kappa shape index (κ1) is 21.3. The third-order valence-electron chi connectivity index (χ3n) is 5.79. The Labute approximate surface area is 178 Å². The second kappa shape index (κ2) is 9.41. The van der Waals surface area contributed by atoms with Crippen molar-refractivity contribution in [1.29, 1.82) is 5.26 Å². The van der Waals surface area contributed by atoms with Crippen molar-refractivity contribution in [3.05, 3.63) is 77.8 Å². The average Bonchev–Trinajstić information content (AvgIpc) is 3.28. The number of benzene rings is 1. The third kappa shape index (κ3) is 4.60. The summed E-state index contributed by atoms with van der Waals surface area (Å²) in [6.07, 6.45) is 5.58. The fraction of sp³-hybridized carbons (Fsp3) is 0.320. The molecule has 0 aliphatic heterocycles. The maximum absolute atomic E-state index is 13.3. The number of hydrogen-bond acceptors (Lipinski definition) is 4. The van der Waals surface area contributed by atoms with E-state index in [0.717, 1.165) is 53.9 Å². The number of hydrogen-bond donors (Lipinski definition) is 2. The van der Waals surface area contributed by atoms with Crippen LogP contribution in [0.5, 0.6) is 0 Å². The molecule has 1 aliphatic rings. The van der Waals surface area contributed by atoms with Gasteiger partial charge in [0, 0.05) is 35.0 Å². The molecule has 154 valence electrons. The number of aromatic amines is 1. The molecular formula is C25H28N4O. The first-order valence-corrected chi connectivity index (χ1v) is 10.3. The van der Waals surface area contributed by atoms with Crippen LogP contribution >= 0.6 is 0 Å². The summed E-state index contributed by atoms with van der Waals surface area (Å²) in [5.74, 6) is 0.0827. The summed E-state index contributed by atoms with van der Waals surface area (Å²) >= 11 is 0. The van der Waals surface area contributed by atoms with Crippen molar-refractivity contribution in [2.24, 2.45) is 11.8 Å². The minimum Gasteiger partial charge on any atom is -0.362 e. The van der Waals surface area contributed by atoms with Crippen LogP contribution in [0.4, 0.5) is 0 Å². The highest BCUT2D eigenvalue weighted by Crippen LogP contribution is 2.36. The molecule has 5 heteroatoms. The second-order valence-electron chi connectivity index (χ2n) is 7.95. The minimum atomic E-state index is -0.111. The van der Waals surface area contributed by atoms with E-state index in [2.05, 4.69) is 34.7 Å². The number of rotatable bonds is 7. The predicted molar refractivity (Wildman–Crippen MR) is 119 cm³/mol. The monoisotopic (exact) mass is 400 g/mol. The number of nitrogens with zero attached hydrogens (tertiary/aromatic N) is 2. The Bertz CT molecular complexity index is 1010. The van der Waals surface area contributed by atoms with Gasteiger partial charge < -0.3 is 5.32 Å². The number of nitrogens with one attached hydrogen (secondary N) is 2. The molecule has 5 nitrogen and oxygen atoms in total. The average molecular weight is 401 g/mol. The van der Waals surface area contributed by atoms with E-state index in [0.29, 0.717) is 11.1 Å². The summed E-state index contributed by atoms with van der Waals surface area (Å²) in [6, 6.07) is 11.8. The molecule has 1 fully saturated rings. The van der Waals surface area contributed by atoms with Crippen LogP contribution in [-0.2, 0) is 0 Å². The number of Topliss-reactive ketones (excluding diaryl/α,β-unsaturated/α-hetero) is 1. The van der Waals surface area contributed by atoms with E-state index in [-0.39, 0.29) is 17.6 Å². The van der Waals surface area contributed by atoms with E-state index in [1.807, 2.05) is 44.2 Å². The maximum atomic E-state index is 13.3. The summed E-state index contributed by atoms with van der Waals surface area (Å²) in [7, 11) is 0. The van der Waals surface area contributed by atoms with Gasteiger partial charge in [-0.25, -0.2) is 0 Å². The quantitative estimate of drug-likeness (QED) is 0.363. The molecule has 1 heterocycles. The Morgan fingerprint density at radius 2 is 1.80 bits per heavy atom. The van der Waals surface area contributed by atoms with Gasteiger partial charge in [0.1, 0.15) is 6.07 Å². The van der Waals surface area contributed by atoms with E-state index >= 15 is 0 Å². The molecule has 0 spiro atoms. The molecule has 0 bridgehead atoms. The maximum Gasteiger partial charge on any atom is 0.166 e. The van der Waals surface area contributed by atoms with E-state index in [9.17, 15) is 10.1 Å². The molecule has 1 aromatic heterocycles. The zero-order chi connectivity index (χ0) is 21.7. The van der Waals surface area contributed by atoms with Crippen molar-refractivity contribution < 1.29 is 4.79 Å². The lowest BCUT2D eigenvalue weighted by atomic mass is 9.74. The van der Waals surface area contributed by atoms with Crippen LogP contribution in [0.15, 0.2) is 72.2 Å².